The van der Waals surface area contributed by atoms with Crippen molar-refractivity contribution in [3.63, 3.8) is 0 Å². The SMILES string of the molecule is Cc1nc(COc2cccc(C(=O)NC(C)(CN)CC(C)C)c2)cs1. The fraction of sp³-hybridized carbons (Fsp3) is 0.474. The summed E-state index contributed by atoms with van der Waals surface area (Å²) in [7, 11) is 0. The van der Waals surface area contributed by atoms with Gasteiger partial charge in [-0.25, -0.2) is 4.98 Å². The van der Waals surface area contributed by atoms with Crippen LogP contribution in [0.15, 0.2) is 29.6 Å². The van der Waals surface area contributed by atoms with E-state index in [1.54, 1.807) is 23.5 Å². The number of carbonyl (C=O) groups is 1. The Kier molecular flexibility index (Phi) is 6.56. The summed E-state index contributed by atoms with van der Waals surface area (Å²) in [5.74, 6) is 0.963. The molecule has 0 saturated heterocycles. The van der Waals surface area contributed by atoms with Crippen LogP contribution in [-0.2, 0) is 6.61 Å². The van der Waals surface area contributed by atoms with Crippen molar-refractivity contribution < 1.29 is 9.53 Å². The zero-order valence-corrected chi connectivity index (χ0v) is 16.2. The summed E-state index contributed by atoms with van der Waals surface area (Å²) in [6.07, 6.45) is 0.828. The largest absolute Gasteiger partial charge is 0.487 e. The second-order valence-corrected chi connectivity index (χ2v) is 8.05. The third kappa shape index (κ3) is 5.83. The van der Waals surface area contributed by atoms with Gasteiger partial charge in [0.2, 0.25) is 0 Å². The Labute approximate surface area is 153 Å². The molecule has 0 spiro atoms. The van der Waals surface area contributed by atoms with Crippen LogP contribution in [-0.4, -0.2) is 23.0 Å². The van der Waals surface area contributed by atoms with Crippen LogP contribution in [0.25, 0.3) is 0 Å². The van der Waals surface area contributed by atoms with Crippen molar-refractivity contribution in [2.45, 2.75) is 46.3 Å². The lowest BCUT2D eigenvalue weighted by molar-refractivity contribution is 0.0897. The summed E-state index contributed by atoms with van der Waals surface area (Å²) in [5.41, 5.74) is 6.92. The lowest BCUT2D eigenvalue weighted by Crippen LogP contribution is -2.52. The maximum atomic E-state index is 12.6. The first kappa shape index (κ1) is 19.4. The summed E-state index contributed by atoms with van der Waals surface area (Å²) >= 11 is 1.59. The smallest absolute Gasteiger partial charge is 0.251 e. The van der Waals surface area contributed by atoms with Crippen LogP contribution in [0.3, 0.4) is 0 Å². The lowest BCUT2D eigenvalue weighted by atomic mass is 9.90. The van der Waals surface area contributed by atoms with Crippen LogP contribution in [0.2, 0.25) is 0 Å². The molecule has 136 valence electrons. The van der Waals surface area contributed by atoms with Crippen molar-refractivity contribution in [3.05, 3.63) is 45.9 Å². The number of rotatable bonds is 8. The minimum absolute atomic E-state index is 0.136. The number of amides is 1. The quantitative estimate of drug-likeness (QED) is 0.754. The molecule has 0 aliphatic carbocycles. The topological polar surface area (TPSA) is 77.2 Å². The first-order valence-electron chi connectivity index (χ1n) is 8.48. The van der Waals surface area contributed by atoms with Gasteiger partial charge in [-0.1, -0.05) is 19.9 Å². The molecule has 1 heterocycles. The van der Waals surface area contributed by atoms with Crippen LogP contribution < -0.4 is 15.8 Å². The fourth-order valence-corrected chi connectivity index (χ4v) is 3.39. The molecular formula is C19H27N3O2S. The van der Waals surface area contributed by atoms with Crippen molar-refractivity contribution in [2.24, 2.45) is 11.7 Å². The van der Waals surface area contributed by atoms with E-state index in [0.717, 1.165) is 17.1 Å². The standard InChI is InChI=1S/C19H27N3O2S/c1-13(2)9-19(4,12-20)22-18(23)15-6-5-7-17(8-15)24-10-16-11-25-14(3)21-16/h5-8,11,13H,9-10,12,20H2,1-4H3,(H,22,23). The fourth-order valence-electron chi connectivity index (χ4n) is 2.79. The number of carbonyl (C=O) groups excluding carboxylic acids is 1. The van der Waals surface area contributed by atoms with Crippen LogP contribution in [0.5, 0.6) is 5.75 Å². The van der Waals surface area contributed by atoms with Gasteiger partial charge in [-0.05, 0) is 44.4 Å². The number of hydrogen-bond acceptors (Lipinski definition) is 5. The van der Waals surface area contributed by atoms with Crippen molar-refractivity contribution >= 4 is 17.2 Å². The highest BCUT2D eigenvalue weighted by Crippen LogP contribution is 2.19. The van der Waals surface area contributed by atoms with Crippen LogP contribution in [0, 0.1) is 12.8 Å². The molecule has 0 aliphatic heterocycles. The zero-order chi connectivity index (χ0) is 18.4. The van der Waals surface area contributed by atoms with E-state index in [4.69, 9.17) is 10.5 Å². The van der Waals surface area contributed by atoms with Crippen molar-refractivity contribution in [1.82, 2.24) is 10.3 Å². The van der Waals surface area contributed by atoms with Gasteiger partial charge in [0, 0.05) is 23.0 Å². The highest BCUT2D eigenvalue weighted by atomic mass is 32.1. The highest BCUT2D eigenvalue weighted by Gasteiger charge is 2.26. The molecule has 2 rings (SSSR count). The molecule has 6 heteroatoms. The highest BCUT2D eigenvalue weighted by molar-refractivity contribution is 7.09. The van der Waals surface area contributed by atoms with Crippen molar-refractivity contribution in [3.8, 4) is 5.75 Å². The number of aromatic nitrogens is 1. The van der Waals surface area contributed by atoms with E-state index in [1.807, 2.05) is 31.4 Å². The molecule has 1 aromatic carbocycles. The first-order valence-corrected chi connectivity index (χ1v) is 9.36. The Balaban J connectivity index is 2.02. The third-order valence-corrected chi connectivity index (χ3v) is 4.70. The van der Waals surface area contributed by atoms with E-state index in [9.17, 15) is 4.79 Å². The number of ether oxygens (including phenoxy) is 1. The Morgan fingerprint density at radius 3 is 2.80 bits per heavy atom. The number of thiazole rings is 1. The van der Waals surface area contributed by atoms with Crippen molar-refractivity contribution in [2.75, 3.05) is 6.54 Å². The van der Waals surface area contributed by atoms with Crippen LogP contribution >= 0.6 is 11.3 Å². The second-order valence-electron chi connectivity index (χ2n) is 6.99. The minimum Gasteiger partial charge on any atom is -0.487 e. The Hall–Kier alpha value is -1.92. The zero-order valence-electron chi connectivity index (χ0n) is 15.3. The number of hydrogen-bond donors (Lipinski definition) is 2. The second kappa shape index (κ2) is 8.45. The van der Waals surface area contributed by atoms with Gasteiger partial charge in [0.05, 0.1) is 10.7 Å². The summed E-state index contributed by atoms with van der Waals surface area (Å²) in [4.78, 5) is 17.0. The van der Waals surface area contributed by atoms with E-state index in [0.29, 0.717) is 30.4 Å². The number of nitrogens with one attached hydrogen (secondary N) is 1. The Morgan fingerprint density at radius 2 is 2.20 bits per heavy atom. The minimum atomic E-state index is -0.416. The summed E-state index contributed by atoms with van der Waals surface area (Å²) in [6.45, 7) is 8.98. The van der Waals surface area contributed by atoms with Gasteiger partial charge in [-0.3, -0.25) is 4.79 Å². The third-order valence-electron chi connectivity index (χ3n) is 3.87. The molecule has 0 fully saturated rings. The summed E-state index contributed by atoms with van der Waals surface area (Å²) in [5, 5.41) is 6.05. The number of aryl methyl sites for hydroxylation is 1. The Bertz CT molecular complexity index is 714. The molecule has 5 nitrogen and oxygen atoms in total. The van der Waals surface area contributed by atoms with E-state index >= 15 is 0 Å². The molecule has 1 amide bonds. The van der Waals surface area contributed by atoms with Gasteiger partial charge < -0.3 is 15.8 Å². The van der Waals surface area contributed by atoms with Gasteiger partial charge in [0.15, 0.2) is 0 Å². The predicted octanol–water partition coefficient (Wildman–Crippen LogP) is 3.52. The van der Waals surface area contributed by atoms with E-state index < -0.39 is 5.54 Å². The van der Waals surface area contributed by atoms with Gasteiger partial charge in [-0.15, -0.1) is 11.3 Å². The molecule has 25 heavy (non-hydrogen) atoms. The van der Waals surface area contributed by atoms with Crippen LogP contribution in [0.1, 0.15) is 48.3 Å². The van der Waals surface area contributed by atoms with E-state index in [1.165, 1.54) is 0 Å². The molecule has 2 aromatic rings. The molecule has 0 saturated carbocycles. The number of nitrogens with two attached hydrogens (primary N) is 1. The molecular weight excluding hydrogens is 334 g/mol. The van der Waals surface area contributed by atoms with Gasteiger partial charge in [0.25, 0.3) is 5.91 Å². The van der Waals surface area contributed by atoms with E-state index in [-0.39, 0.29) is 5.91 Å². The molecule has 0 radical (unpaired) electrons. The Morgan fingerprint density at radius 1 is 1.44 bits per heavy atom. The molecule has 1 atom stereocenters. The molecule has 1 aromatic heterocycles. The number of benzene rings is 1. The normalized spacial score (nSPS) is 13.5. The van der Waals surface area contributed by atoms with E-state index in [2.05, 4.69) is 24.1 Å². The first-order chi connectivity index (χ1) is 11.8. The maximum Gasteiger partial charge on any atom is 0.251 e. The van der Waals surface area contributed by atoms with Gasteiger partial charge in [0.1, 0.15) is 12.4 Å². The average molecular weight is 362 g/mol. The molecule has 0 aliphatic rings. The van der Waals surface area contributed by atoms with Crippen LogP contribution in [0.4, 0.5) is 0 Å². The summed E-state index contributed by atoms with van der Waals surface area (Å²) < 4.78 is 5.76. The maximum absolute atomic E-state index is 12.6. The molecule has 0 bridgehead atoms. The number of nitrogens with zero attached hydrogens (tertiary/aromatic N) is 1. The molecule has 1 unspecified atom stereocenters. The molecule has 3 N–H and O–H groups in total. The monoisotopic (exact) mass is 361 g/mol. The predicted molar refractivity (Wildman–Crippen MR) is 102 cm³/mol. The lowest BCUT2D eigenvalue weighted by Gasteiger charge is -2.31. The summed E-state index contributed by atoms with van der Waals surface area (Å²) in [6, 6.07) is 7.19. The van der Waals surface area contributed by atoms with Gasteiger partial charge >= 0.3 is 0 Å². The average Bonchev–Trinajstić information content (AvgIpc) is 2.98. The van der Waals surface area contributed by atoms with Crippen molar-refractivity contribution in [1.29, 1.82) is 0 Å². The van der Waals surface area contributed by atoms with Gasteiger partial charge in [-0.2, -0.15) is 0 Å².